The van der Waals surface area contributed by atoms with E-state index in [-0.39, 0.29) is 24.3 Å². The Morgan fingerprint density at radius 3 is 2.43 bits per heavy atom. The molecule has 148 valence electrons. The van der Waals surface area contributed by atoms with E-state index in [1.807, 2.05) is 30.3 Å². The van der Waals surface area contributed by atoms with E-state index in [1.165, 1.54) is 6.42 Å². The van der Waals surface area contributed by atoms with Gasteiger partial charge in [-0.3, -0.25) is 9.59 Å². The van der Waals surface area contributed by atoms with Gasteiger partial charge in [0.1, 0.15) is 0 Å². The van der Waals surface area contributed by atoms with Gasteiger partial charge in [0.15, 0.2) is 0 Å². The van der Waals surface area contributed by atoms with Gasteiger partial charge >= 0.3 is 0 Å². The fourth-order valence-corrected chi connectivity index (χ4v) is 4.02. The second-order valence-electron chi connectivity index (χ2n) is 7.56. The van der Waals surface area contributed by atoms with Crippen LogP contribution >= 0.6 is 11.6 Å². The Hall–Kier alpha value is -2.33. The minimum atomic E-state index is -0.413. The zero-order valence-electron chi connectivity index (χ0n) is 16.2. The van der Waals surface area contributed by atoms with Crippen molar-refractivity contribution in [3.63, 3.8) is 0 Å². The summed E-state index contributed by atoms with van der Waals surface area (Å²) in [7, 11) is 0. The van der Waals surface area contributed by atoms with Crippen molar-refractivity contribution in [2.45, 2.75) is 51.1 Å². The molecule has 0 bridgehead atoms. The van der Waals surface area contributed by atoms with Crippen LogP contribution in [0.1, 0.15) is 61.0 Å². The number of nitrogens with one attached hydrogen (secondary N) is 2. The van der Waals surface area contributed by atoms with Crippen LogP contribution in [-0.4, -0.2) is 17.9 Å². The molecule has 2 aromatic rings. The molecular formula is C23H27ClN2O2. The zero-order chi connectivity index (χ0) is 19.9. The molecule has 1 saturated carbocycles. The Bertz CT molecular complexity index is 809. The molecule has 0 saturated heterocycles. The highest BCUT2D eigenvalue weighted by Gasteiger charge is 2.25. The van der Waals surface area contributed by atoms with Crippen LogP contribution in [0.3, 0.4) is 0 Å². The Balaban J connectivity index is 1.71. The molecule has 28 heavy (non-hydrogen) atoms. The van der Waals surface area contributed by atoms with E-state index < -0.39 is 6.04 Å². The molecule has 0 aliphatic heterocycles. The topological polar surface area (TPSA) is 58.2 Å². The predicted octanol–water partition coefficient (Wildman–Crippen LogP) is 4.90. The average molecular weight is 399 g/mol. The van der Waals surface area contributed by atoms with Crippen LogP contribution in [0.2, 0.25) is 5.02 Å². The largest absolute Gasteiger partial charge is 0.353 e. The highest BCUT2D eigenvalue weighted by molar-refractivity contribution is 6.33. The van der Waals surface area contributed by atoms with Crippen LogP contribution in [0.4, 0.5) is 0 Å². The lowest BCUT2D eigenvalue weighted by atomic mass is 9.86. The van der Waals surface area contributed by atoms with Crippen LogP contribution in [0, 0.1) is 5.92 Å². The van der Waals surface area contributed by atoms with Crippen molar-refractivity contribution >= 4 is 23.4 Å². The van der Waals surface area contributed by atoms with Gasteiger partial charge in [-0.1, -0.05) is 73.8 Å². The number of carbonyl (C=O) groups is 2. The summed E-state index contributed by atoms with van der Waals surface area (Å²) in [6.07, 6.45) is 4.75. The number of hydrogen-bond acceptors (Lipinski definition) is 2. The molecule has 1 fully saturated rings. The first-order valence-electron chi connectivity index (χ1n) is 9.94. The Morgan fingerprint density at radius 2 is 1.71 bits per heavy atom. The minimum Gasteiger partial charge on any atom is -0.353 e. The Kier molecular flexibility index (Phi) is 7.10. The summed E-state index contributed by atoms with van der Waals surface area (Å²) in [5.74, 6) is 0.177. The first-order chi connectivity index (χ1) is 13.5. The molecule has 4 nitrogen and oxygen atoms in total. The van der Waals surface area contributed by atoms with E-state index in [1.54, 1.807) is 24.3 Å². The first-order valence-corrected chi connectivity index (χ1v) is 10.3. The lowest BCUT2D eigenvalue weighted by Gasteiger charge is -2.30. The van der Waals surface area contributed by atoms with Crippen LogP contribution < -0.4 is 10.6 Å². The molecule has 1 aliphatic rings. The molecule has 5 heteroatoms. The van der Waals surface area contributed by atoms with Crippen LogP contribution in [-0.2, 0) is 4.79 Å². The first kappa shape index (κ1) is 20.4. The summed E-state index contributed by atoms with van der Waals surface area (Å²) >= 11 is 6.16. The summed E-state index contributed by atoms with van der Waals surface area (Å²) in [5, 5.41) is 6.56. The van der Waals surface area contributed by atoms with Gasteiger partial charge in [-0.05, 0) is 36.5 Å². The fourth-order valence-electron chi connectivity index (χ4n) is 3.80. The maximum atomic E-state index is 12.7. The summed E-state index contributed by atoms with van der Waals surface area (Å²) in [5.41, 5.74) is 1.31. The second kappa shape index (κ2) is 9.74. The predicted molar refractivity (Wildman–Crippen MR) is 112 cm³/mol. The van der Waals surface area contributed by atoms with Crippen molar-refractivity contribution in [3.05, 3.63) is 70.7 Å². The lowest BCUT2D eigenvalue weighted by molar-refractivity contribution is -0.122. The van der Waals surface area contributed by atoms with Crippen LogP contribution in [0.25, 0.3) is 0 Å². The van der Waals surface area contributed by atoms with Gasteiger partial charge in [0.25, 0.3) is 5.91 Å². The molecule has 3 unspecified atom stereocenters. The molecule has 1 aliphatic carbocycles. The van der Waals surface area contributed by atoms with Gasteiger partial charge in [0, 0.05) is 6.04 Å². The molecule has 0 radical (unpaired) electrons. The quantitative estimate of drug-likeness (QED) is 0.727. The standard InChI is InChI=1S/C23H27ClN2O2/c1-16-9-5-8-14-20(16)25-22(27)15-21(17-10-3-2-4-11-17)26-23(28)18-12-6-7-13-19(18)24/h2-4,6-7,10-13,16,20-21H,5,8-9,14-15H2,1H3,(H,25,27)(H,26,28). The summed E-state index contributed by atoms with van der Waals surface area (Å²) < 4.78 is 0. The SMILES string of the molecule is CC1CCCCC1NC(=O)CC(NC(=O)c1ccccc1Cl)c1ccccc1. The van der Waals surface area contributed by atoms with E-state index in [0.717, 1.165) is 24.8 Å². The molecule has 2 amide bonds. The van der Waals surface area contributed by atoms with Gasteiger partial charge in [-0.2, -0.15) is 0 Å². The normalized spacial score (nSPS) is 20.2. The molecule has 2 aromatic carbocycles. The van der Waals surface area contributed by atoms with E-state index in [0.29, 0.717) is 16.5 Å². The number of halogens is 1. The van der Waals surface area contributed by atoms with Gasteiger partial charge < -0.3 is 10.6 Å². The summed E-state index contributed by atoms with van der Waals surface area (Å²) in [6, 6.07) is 16.3. The average Bonchev–Trinajstić information content (AvgIpc) is 2.70. The Morgan fingerprint density at radius 1 is 1.04 bits per heavy atom. The third-order valence-corrected chi connectivity index (χ3v) is 5.80. The number of carbonyl (C=O) groups excluding carboxylic acids is 2. The Labute approximate surface area is 171 Å². The number of hydrogen-bond donors (Lipinski definition) is 2. The van der Waals surface area contributed by atoms with Crippen molar-refractivity contribution < 1.29 is 9.59 Å². The third-order valence-electron chi connectivity index (χ3n) is 5.47. The van der Waals surface area contributed by atoms with E-state index in [9.17, 15) is 9.59 Å². The lowest BCUT2D eigenvalue weighted by Crippen LogP contribution is -2.42. The third kappa shape index (κ3) is 5.35. The fraction of sp³-hybridized carbons (Fsp3) is 0.391. The van der Waals surface area contributed by atoms with E-state index >= 15 is 0 Å². The van der Waals surface area contributed by atoms with Crippen LogP contribution in [0.15, 0.2) is 54.6 Å². The van der Waals surface area contributed by atoms with Gasteiger partial charge in [0.05, 0.1) is 23.0 Å². The zero-order valence-corrected chi connectivity index (χ0v) is 16.9. The van der Waals surface area contributed by atoms with Crippen molar-refractivity contribution in [2.24, 2.45) is 5.92 Å². The maximum absolute atomic E-state index is 12.7. The van der Waals surface area contributed by atoms with E-state index in [4.69, 9.17) is 11.6 Å². The molecular weight excluding hydrogens is 372 g/mol. The van der Waals surface area contributed by atoms with Crippen LogP contribution in [0.5, 0.6) is 0 Å². The van der Waals surface area contributed by atoms with Gasteiger partial charge in [-0.25, -0.2) is 0 Å². The van der Waals surface area contributed by atoms with Crippen molar-refractivity contribution in [1.29, 1.82) is 0 Å². The van der Waals surface area contributed by atoms with Crippen molar-refractivity contribution in [2.75, 3.05) is 0 Å². The second-order valence-corrected chi connectivity index (χ2v) is 7.96. The minimum absolute atomic E-state index is 0.0351. The highest BCUT2D eigenvalue weighted by Crippen LogP contribution is 2.25. The van der Waals surface area contributed by atoms with Gasteiger partial charge in [0.2, 0.25) is 5.91 Å². The molecule has 0 aromatic heterocycles. The summed E-state index contributed by atoms with van der Waals surface area (Å²) in [4.78, 5) is 25.5. The molecule has 0 heterocycles. The molecule has 0 spiro atoms. The van der Waals surface area contributed by atoms with Crippen molar-refractivity contribution in [1.82, 2.24) is 10.6 Å². The molecule has 3 rings (SSSR count). The maximum Gasteiger partial charge on any atom is 0.253 e. The number of amides is 2. The smallest absolute Gasteiger partial charge is 0.253 e. The molecule has 2 N–H and O–H groups in total. The highest BCUT2D eigenvalue weighted by atomic mass is 35.5. The monoisotopic (exact) mass is 398 g/mol. The number of rotatable bonds is 6. The molecule has 3 atom stereocenters. The van der Waals surface area contributed by atoms with Crippen molar-refractivity contribution in [3.8, 4) is 0 Å². The van der Waals surface area contributed by atoms with E-state index in [2.05, 4.69) is 17.6 Å². The number of benzene rings is 2. The summed E-state index contributed by atoms with van der Waals surface area (Å²) in [6.45, 7) is 2.19. The van der Waals surface area contributed by atoms with Gasteiger partial charge in [-0.15, -0.1) is 0 Å².